The third-order valence-electron chi connectivity index (χ3n) is 4.65. The van der Waals surface area contributed by atoms with Crippen molar-refractivity contribution in [2.24, 2.45) is 0 Å². The van der Waals surface area contributed by atoms with Crippen LogP contribution >= 0.6 is 0 Å². The molecule has 0 atom stereocenters. The van der Waals surface area contributed by atoms with E-state index in [4.69, 9.17) is 0 Å². The maximum absolute atomic E-state index is 4.41. The lowest BCUT2D eigenvalue weighted by Crippen LogP contribution is -2.01. The molecule has 2 aromatic heterocycles. The summed E-state index contributed by atoms with van der Waals surface area (Å²) in [5, 5.41) is 6.95. The van der Waals surface area contributed by atoms with E-state index in [1.165, 1.54) is 11.1 Å². The number of anilines is 4. The fraction of sp³-hybridized carbons (Fsp3) is 0.0833. The molecule has 0 aliphatic carbocycles. The van der Waals surface area contributed by atoms with Crippen LogP contribution in [0.25, 0.3) is 11.1 Å². The first-order valence-corrected chi connectivity index (χ1v) is 9.28. The van der Waals surface area contributed by atoms with E-state index in [1.54, 1.807) is 12.4 Å². The fourth-order valence-electron chi connectivity index (χ4n) is 3.36. The molecule has 2 heterocycles. The topological polar surface area (TPSA) is 49.8 Å². The molecule has 0 saturated carbocycles. The number of hydrogen-bond acceptors (Lipinski definition) is 4. The van der Waals surface area contributed by atoms with Gasteiger partial charge in [-0.25, -0.2) is 9.97 Å². The monoisotopic (exact) mass is 366 g/mol. The van der Waals surface area contributed by atoms with Gasteiger partial charge in [0.05, 0.1) is 0 Å². The summed E-state index contributed by atoms with van der Waals surface area (Å²) in [6.45, 7) is 4.27. The maximum Gasteiger partial charge on any atom is 0.130 e. The summed E-state index contributed by atoms with van der Waals surface area (Å²) in [5.41, 5.74) is 6.75. The molecule has 4 aromatic rings. The van der Waals surface area contributed by atoms with Crippen molar-refractivity contribution in [3.63, 3.8) is 0 Å². The molecule has 138 valence electrons. The van der Waals surface area contributed by atoms with Gasteiger partial charge in [0.15, 0.2) is 0 Å². The normalized spacial score (nSPS) is 10.5. The second kappa shape index (κ2) is 7.92. The van der Waals surface area contributed by atoms with Gasteiger partial charge in [-0.05, 0) is 61.4 Å². The van der Waals surface area contributed by atoms with Gasteiger partial charge in [0.1, 0.15) is 11.6 Å². The van der Waals surface area contributed by atoms with E-state index in [0.29, 0.717) is 0 Å². The summed E-state index contributed by atoms with van der Waals surface area (Å²) < 4.78 is 0. The van der Waals surface area contributed by atoms with Crippen LogP contribution in [-0.4, -0.2) is 9.97 Å². The number of nitrogens with zero attached hydrogens (tertiary/aromatic N) is 2. The number of benzene rings is 2. The van der Waals surface area contributed by atoms with Gasteiger partial charge in [0.25, 0.3) is 0 Å². The SMILES string of the molecule is Cc1cccc(Nc2ccccn2)c1-c1c(C)cccc1Nc1ccccn1. The molecule has 0 amide bonds. The van der Waals surface area contributed by atoms with Crippen LogP contribution in [0.3, 0.4) is 0 Å². The molecule has 2 aromatic carbocycles. The van der Waals surface area contributed by atoms with E-state index in [-0.39, 0.29) is 0 Å². The number of aryl methyl sites for hydroxylation is 2. The predicted octanol–water partition coefficient (Wildman–Crippen LogP) is 6.25. The lowest BCUT2D eigenvalue weighted by atomic mass is 9.93. The first kappa shape index (κ1) is 17.7. The van der Waals surface area contributed by atoms with Crippen molar-refractivity contribution in [1.29, 1.82) is 0 Å². The lowest BCUT2D eigenvalue weighted by molar-refractivity contribution is 1.29. The van der Waals surface area contributed by atoms with Gasteiger partial charge in [0.2, 0.25) is 0 Å². The summed E-state index contributed by atoms with van der Waals surface area (Å²) in [7, 11) is 0. The van der Waals surface area contributed by atoms with Gasteiger partial charge in [-0.1, -0.05) is 36.4 Å². The summed E-state index contributed by atoms with van der Waals surface area (Å²) in [4.78, 5) is 8.83. The van der Waals surface area contributed by atoms with Gasteiger partial charge in [-0.15, -0.1) is 0 Å². The zero-order valence-corrected chi connectivity index (χ0v) is 16.0. The van der Waals surface area contributed by atoms with Crippen molar-refractivity contribution in [3.05, 3.63) is 96.3 Å². The van der Waals surface area contributed by atoms with Crippen molar-refractivity contribution < 1.29 is 0 Å². The zero-order valence-electron chi connectivity index (χ0n) is 16.0. The van der Waals surface area contributed by atoms with Crippen LogP contribution in [0.4, 0.5) is 23.0 Å². The van der Waals surface area contributed by atoms with Gasteiger partial charge in [-0.3, -0.25) is 0 Å². The molecule has 2 N–H and O–H groups in total. The third kappa shape index (κ3) is 3.71. The molecule has 4 rings (SSSR count). The minimum absolute atomic E-state index is 0.821. The number of pyridine rings is 2. The average Bonchev–Trinajstić information content (AvgIpc) is 2.71. The molecular weight excluding hydrogens is 344 g/mol. The van der Waals surface area contributed by atoms with Crippen molar-refractivity contribution in [2.75, 3.05) is 10.6 Å². The highest BCUT2D eigenvalue weighted by atomic mass is 15.0. The van der Waals surface area contributed by atoms with E-state index in [2.05, 4.69) is 70.8 Å². The molecule has 0 spiro atoms. The Hall–Kier alpha value is -3.66. The van der Waals surface area contributed by atoms with E-state index >= 15 is 0 Å². The van der Waals surface area contributed by atoms with E-state index in [1.807, 2.05) is 36.4 Å². The first-order valence-electron chi connectivity index (χ1n) is 9.28. The van der Waals surface area contributed by atoms with Gasteiger partial charge in [0, 0.05) is 34.9 Å². The van der Waals surface area contributed by atoms with Crippen LogP contribution in [0.15, 0.2) is 85.2 Å². The first-order chi connectivity index (χ1) is 13.7. The number of rotatable bonds is 5. The highest BCUT2D eigenvalue weighted by molar-refractivity contribution is 5.92. The summed E-state index contributed by atoms with van der Waals surface area (Å²) in [6.07, 6.45) is 3.58. The molecule has 0 aliphatic rings. The van der Waals surface area contributed by atoms with Crippen molar-refractivity contribution in [2.45, 2.75) is 13.8 Å². The molecular formula is C24H22N4. The number of nitrogens with one attached hydrogen (secondary N) is 2. The van der Waals surface area contributed by atoms with Crippen LogP contribution in [-0.2, 0) is 0 Å². The maximum atomic E-state index is 4.41. The summed E-state index contributed by atoms with van der Waals surface area (Å²) >= 11 is 0. The predicted molar refractivity (Wildman–Crippen MR) is 116 cm³/mol. The van der Waals surface area contributed by atoms with Crippen LogP contribution < -0.4 is 10.6 Å². The Balaban J connectivity index is 1.83. The van der Waals surface area contributed by atoms with Crippen LogP contribution in [0.5, 0.6) is 0 Å². The van der Waals surface area contributed by atoms with Crippen LogP contribution in [0, 0.1) is 13.8 Å². The molecule has 0 fully saturated rings. The summed E-state index contributed by atoms with van der Waals surface area (Å²) in [6, 6.07) is 24.3. The Kier molecular flexibility index (Phi) is 5.02. The quantitative estimate of drug-likeness (QED) is 0.438. The van der Waals surface area contributed by atoms with E-state index in [9.17, 15) is 0 Å². The smallest absolute Gasteiger partial charge is 0.130 e. The molecule has 0 saturated heterocycles. The molecule has 0 unspecified atom stereocenters. The van der Waals surface area contributed by atoms with Gasteiger partial charge in [-0.2, -0.15) is 0 Å². The minimum atomic E-state index is 0.821. The molecule has 4 nitrogen and oxygen atoms in total. The Labute approximate surface area is 165 Å². The highest BCUT2D eigenvalue weighted by Gasteiger charge is 2.15. The lowest BCUT2D eigenvalue weighted by Gasteiger charge is -2.20. The minimum Gasteiger partial charge on any atom is -0.340 e. The van der Waals surface area contributed by atoms with Crippen LogP contribution in [0.1, 0.15) is 11.1 Å². The van der Waals surface area contributed by atoms with Gasteiger partial charge >= 0.3 is 0 Å². The van der Waals surface area contributed by atoms with Crippen LogP contribution in [0.2, 0.25) is 0 Å². The average molecular weight is 366 g/mol. The molecule has 4 heteroatoms. The van der Waals surface area contributed by atoms with E-state index < -0.39 is 0 Å². The second-order valence-corrected chi connectivity index (χ2v) is 6.67. The molecule has 28 heavy (non-hydrogen) atoms. The summed E-state index contributed by atoms with van der Waals surface area (Å²) in [5.74, 6) is 1.64. The molecule has 0 radical (unpaired) electrons. The highest BCUT2D eigenvalue weighted by Crippen LogP contribution is 2.40. The fourth-order valence-corrected chi connectivity index (χ4v) is 3.36. The number of hydrogen-bond donors (Lipinski definition) is 2. The number of aromatic nitrogens is 2. The molecule has 0 aliphatic heterocycles. The Morgan fingerprint density at radius 2 is 1.00 bits per heavy atom. The van der Waals surface area contributed by atoms with Crippen molar-refractivity contribution in [3.8, 4) is 11.1 Å². The second-order valence-electron chi connectivity index (χ2n) is 6.67. The Morgan fingerprint density at radius 1 is 0.536 bits per heavy atom. The standard InChI is InChI=1S/C24H22N4/c1-17-9-7-11-19(27-21-13-3-5-15-25-21)23(17)24-18(2)10-8-12-20(24)28-22-14-4-6-16-26-22/h3-16H,1-2H3,(H,25,27)(H,26,28). The Bertz CT molecular complexity index is 987. The van der Waals surface area contributed by atoms with Crippen molar-refractivity contribution in [1.82, 2.24) is 9.97 Å². The largest absolute Gasteiger partial charge is 0.340 e. The molecule has 0 bridgehead atoms. The Morgan fingerprint density at radius 3 is 1.39 bits per heavy atom. The van der Waals surface area contributed by atoms with Gasteiger partial charge < -0.3 is 10.6 Å². The zero-order chi connectivity index (χ0) is 19.3. The third-order valence-corrected chi connectivity index (χ3v) is 4.65. The van der Waals surface area contributed by atoms with E-state index in [0.717, 1.165) is 34.1 Å². The van der Waals surface area contributed by atoms with Crippen molar-refractivity contribution >= 4 is 23.0 Å².